The first kappa shape index (κ1) is 27.8. The van der Waals surface area contributed by atoms with Crippen LogP contribution in [-0.2, 0) is 15.7 Å². The Labute approximate surface area is 233 Å². The van der Waals surface area contributed by atoms with E-state index in [0.29, 0.717) is 48.7 Å². The third-order valence-corrected chi connectivity index (χ3v) is 6.73. The number of aryl methyl sites for hydroxylation is 1. The van der Waals surface area contributed by atoms with Crippen LogP contribution in [0.4, 0.5) is 35.0 Å². The standard InChI is InChI=1S/C29H27F3N6O3/c1-18-5-6-23(36-28(40)35-22-4-2-3-21(13-22)29(30,31)32)14-26(18)38-17-20(15-34-38)24-16-33-10-7-25(24)37-27(39)19-8-11-41-12-9-19/h2-7,10,13-17,19H,8-9,11-12H2,1H3,(H,33,37,39)(H2,35,36,40). The molecule has 0 saturated carbocycles. The molecule has 12 heteroatoms. The fourth-order valence-electron chi connectivity index (χ4n) is 4.52. The Balaban J connectivity index is 1.31. The van der Waals surface area contributed by atoms with Gasteiger partial charge in [-0.2, -0.15) is 18.3 Å². The van der Waals surface area contributed by atoms with Gasteiger partial charge in [0.15, 0.2) is 0 Å². The van der Waals surface area contributed by atoms with Crippen molar-refractivity contribution in [3.8, 4) is 16.8 Å². The molecule has 2 aromatic carbocycles. The van der Waals surface area contributed by atoms with Crippen molar-refractivity contribution in [2.75, 3.05) is 29.2 Å². The van der Waals surface area contributed by atoms with Gasteiger partial charge in [0.05, 0.1) is 23.1 Å². The molecular weight excluding hydrogens is 537 g/mol. The lowest BCUT2D eigenvalue weighted by atomic mass is 9.99. The van der Waals surface area contributed by atoms with Crippen molar-refractivity contribution in [1.29, 1.82) is 0 Å². The van der Waals surface area contributed by atoms with Gasteiger partial charge in [0.2, 0.25) is 5.91 Å². The molecule has 1 saturated heterocycles. The summed E-state index contributed by atoms with van der Waals surface area (Å²) in [6, 6.07) is 10.6. The molecule has 4 aromatic rings. The Hall–Kier alpha value is -4.71. The molecule has 0 aliphatic carbocycles. The zero-order valence-corrected chi connectivity index (χ0v) is 22.0. The summed E-state index contributed by atoms with van der Waals surface area (Å²) in [5.74, 6) is -0.178. The molecule has 1 fully saturated rings. The van der Waals surface area contributed by atoms with E-state index in [-0.39, 0.29) is 17.5 Å². The fourth-order valence-corrected chi connectivity index (χ4v) is 4.52. The van der Waals surface area contributed by atoms with E-state index < -0.39 is 17.8 Å². The van der Waals surface area contributed by atoms with E-state index in [2.05, 4.69) is 26.0 Å². The molecule has 0 bridgehead atoms. The normalized spacial score (nSPS) is 14.0. The molecule has 0 unspecified atom stereocenters. The third kappa shape index (κ3) is 6.72. The first-order chi connectivity index (χ1) is 19.7. The minimum atomic E-state index is -4.52. The topological polar surface area (TPSA) is 110 Å². The smallest absolute Gasteiger partial charge is 0.381 e. The van der Waals surface area contributed by atoms with E-state index in [1.54, 1.807) is 53.7 Å². The van der Waals surface area contributed by atoms with Crippen LogP contribution in [0.1, 0.15) is 24.0 Å². The molecule has 0 radical (unpaired) electrons. The highest BCUT2D eigenvalue weighted by Crippen LogP contribution is 2.31. The molecule has 3 amide bonds. The van der Waals surface area contributed by atoms with Gasteiger partial charge in [-0.05, 0) is 61.7 Å². The highest BCUT2D eigenvalue weighted by molar-refractivity contribution is 6.00. The van der Waals surface area contributed by atoms with Gasteiger partial charge in [0.1, 0.15) is 0 Å². The summed E-state index contributed by atoms with van der Waals surface area (Å²) in [5, 5.41) is 12.6. The number of carbonyl (C=O) groups excluding carboxylic acids is 2. The molecule has 1 aliphatic rings. The number of alkyl halides is 3. The number of anilines is 3. The van der Waals surface area contributed by atoms with Gasteiger partial charge < -0.3 is 20.7 Å². The number of carbonyl (C=O) groups is 2. The lowest BCUT2D eigenvalue weighted by molar-refractivity contribution is -0.137. The van der Waals surface area contributed by atoms with Crippen molar-refractivity contribution < 1.29 is 27.5 Å². The largest absolute Gasteiger partial charge is 0.416 e. The number of urea groups is 1. The van der Waals surface area contributed by atoms with Crippen LogP contribution in [0, 0.1) is 12.8 Å². The predicted molar refractivity (Wildman–Crippen MR) is 148 cm³/mol. The van der Waals surface area contributed by atoms with Gasteiger partial charge in [-0.25, -0.2) is 9.48 Å². The first-order valence-electron chi connectivity index (χ1n) is 12.9. The van der Waals surface area contributed by atoms with Crippen LogP contribution in [0.3, 0.4) is 0 Å². The number of ether oxygens (including phenoxy) is 1. The number of hydrogen-bond acceptors (Lipinski definition) is 5. The number of amides is 3. The summed E-state index contributed by atoms with van der Waals surface area (Å²) in [7, 11) is 0. The summed E-state index contributed by atoms with van der Waals surface area (Å²) in [4.78, 5) is 29.6. The molecule has 3 N–H and O–H groups in total. The maximum absolute atomic E-state index is 13.0. The van der Waals surface area contributed by atoms with Crippen molar-refractivity contribution in [2.24, 2.45) is 5.92 Å². The van der Waals surface area contributed by atoms with Crippen LogP contribution in [-0.4, -0.2) is 39.9 Å². The second kappa shape index (κ2) is 11.8. The van der Waals surface area contributed by atoms with E-state index >= 15 is 0 Å². The molecule has 9 nitrogen and oxygen atoms in total. The van der Waals surface area contributed by atoms with Crippen molar-refractivity contribution in [3.63, 3.8) is 0 Å². The number of pyridine rings is 1. The molecular formula is C29H27F3N6O3. The SMILES string of the molecule is Cc1ccc(NC(=O)Nc2cccc(C(F)(F)F)c2)cc1-n1cc(-c2cnccc2NC(=O)C2CCOCC2)cn1. The summed E-state index contributed by atoms with van der Waals surface area (Å²) < 4.78 is 46.0. The molecule has 3 heterocycles. The number of aromatic nitrogens is 3. The third-order valence-electron chi connectivity index (χ3n) is 6.73. The summed E-state index contributed by atoms with van der Waals surface area (Å²) >= 11 is 0. The first-order valence-corrected chi connectivity index (χ1v) is 12.9. The second-order valence-corrected chi connectivity index (χ2v) is 9.63. The van der Waals surface area contributed by atoms with Crippen LogP contribution in [0.15, 0.2) is 73.3 Å². The fraction of sp³-hybridized carbons (Fsp3) is 0.241. The number of halogens is 3. The Morgan fingerprint density at radius 1 is 0.976 bits per heavy atom. The lowest BCUT2D eigenvalue weighted by Crippen LogP contribution is -2.28. The van der Waals surface area contributed by atoms with Gasteiger partial charge in [0.25, 0.3) is 0 Å². The average molecular weight is 565 g/mol. The van der Waals surface area contributed by atoms with Crippen LogP contribution < -0.4 is 16.0 Å². The lowest BCUT2D eigenvalue weighted by Gasteiger charge is -2.21. The minimum Gasteiger partial charge on any atom is -0.381 e. The summed E-state index contributed by atoms with van der Waals surface area (Å²) in [5.41, 5.74) is 3.15. The zero-order chi connectivity index (χ0) is 29.0. The Morgan fingerprint density at radius 3 is 2.49 bits per heavy atom. The molecule has 0 spiro atoms. The quantitative estimate of drug-likeness (QED) is 0.256. The molecule has 2 aromatic heterocycles. The number of nitrogens with zero attached hydrogens (tertiary/aromatic N) is 3. The van der Waals surface area contributed by atoms with E-state index in [1.807, 2.05) is 6.92 Å². The monoisotopic (exact) mass is 564 g/mol. The second-order valence-electron chi connectivity index (χ2n) is 9.63. The van der Waals surface area contributed by atoms with E-state index in [9.17, 15) is 22.8 Å². The summed E-state index contributed by atoms with van der Waals surface area (Å²) in [6.07, 6.45) is 3.53. The van der Waals surface area contributed by atoms with Gasteiger partial charge in [-0.1, -0.05) is 12.1 Å². The Kier molecular flexibility index (Phi) is 8.02. The highest BCUT2D eigenvalue weighted by atomic mass is 19.4. The molecule has 41 heavy (non-hydrogen) atoms. The highest BCUT2D eigenvalue weighted by Gasteiger charge is 2.30. The van der Waals surface area contributed by atoms with Crippen molar-refractivity contribution >= 4 is 29.0 Å². The van der Waals surface area contributed by atoms with E-state index in [0.717, 1.165) is 23.3 Å². The van der Waals surface area contributed by atoms with Gasteiger partial charge in [0, 0.05) is 60.2 Å². The Bertz CT molecular complexity index is 1560. The van der Waals surface area contributed by atoms with Crippen molar-refractivity contribution in [2.45, 2.75) is 25.9 Å². The number of benzene rings is 2. The van der Waals surface area contributed by atoms with Gasteiger partial charge >= 0.3 is 12.2 Å². The van der Waals surface area contributed by atoms with Gasteiger partial charge in [-0.15, -0.1) is 0 Å². The maximum Gasteiger partial charge on any atom is 0.416 e. The van der Waals surface area contributed by atoms with Crippen molar-refractivity contribution in [3.05, 3.63) is 84.4 Å². The number of hydrogen-bond donors (Lipinski definition) is 3. The molecule has 1 aliphatic heterocycles. The molecule has 5 rings (SSSR count). The van der Waals surface area contributed by atoms with Crippen LogP contribution >= 0.6 is 0 Å². The zero-order valence-electron chi connectivity index (χ0n) is 22.0. The number of nitrogens with one attached hydrogen (secondary N) is 3. The number of rotatable bonds is 6. The van der Waals surface area contributed by atoms with E-state index in [1.165, 1.54) is 12.1 Å². The van der Waals surface area contributed by atoms with Crippen LogP contribution in [0.2, 0.25) is 0 Å². The molecule has 212 valence electrons. The average Bonchev–Trinajstić information content (AvgIpc) is 3.44. The maximum atomic E-state index is 13.0. The minimum absolute atomic E-state index is 0.0116. The van der Waals surface area contributed by atoms with Gasteiger partial charge in [-0.3, -0.25) is 9.78 Å². The van der Waals surface area contributed by atoms with Crippen molar-refractivity contribution in [1.82, 2.24) is 14.8 Å². The molecule has 0 atom stereocenters. The predicted octanol–water partition coefficient (Wildman–Crippen LogP) is 6.27. The van der Waals surface area contributed by atoms with Crippen LogP contribution in [0.25, 0.3) is 16.8 Å². The Morgan fingerprint density at radius 2 is 1.73 bits per heavy atom. The van der Waals surface area contributed by atoms with E-state index in [4.69, 9.17) is 4.74 Å². The van der Waals surface area contributed by atoms with Crippen LogP contribution in [0.5, 0.6) is 0 Å². The summed E-state index contributed by atoms with van der Waals surface area (Å²) in [6.45, 7) is 3.01.